The number of rotatable bonds is 3. The van der Waals surface area contributed by atoms with Gasteiger partial charge in [0.1, 0.15) is 11.9 Å². The number of hydrogen-bond acceptors (Lipinski definition) is 7. The molecule has 0 saturated carbocycles. The van der Waals surface area contributed by atoms with Gasteiger partial charge in [0.15, 0.2) is 16.5 Å². The monoisotopic (exact) mass is 351 g/mol. The first-order chi connectivity index (χ1) is 11.2. The van der Waals surface area contributed by atoms with Crippen molar-refractivity contribution in [2.45, 2.75) is 37.7 Å². The number of ether oxygens (including phenoxy) is 1. The Morgan fingerprint density at radius 2 is 2.04 bits per heavy atom. The number of fused-ring (bicyclic) bond motifs is 1. The van der Waals surface area contributed by atoms with Crippen molar-refractivity contribution in [2.75, 3.05) is 5.73 Å². The zero-order valence-corrected chi connectivity index (χ0v) is 14.2. The number of nitrogens with one attached hydrogen (secondary N) is 1. The Kier molecular flexibility index (Phi) is 3.75. The Morgan fingerprint density at radius 1 is 1.33 bits per heavy atom. The number of amides is 1. The second-order valence-corrected chi connectivity index (χ2v) is 7.37. The van der Waals surface area contributed by atoms with Crippen molar-refractivity contribution in [3.63, 3.8) is 0 Å². The summed E-state index contributed by atoms with van der Waals surface area (Å²) in [5.41, 5.74) is 6.58. The average molecular weight is 351 g/mol. The van der Waals surface area contributed by atoms with E-state index in [2.05, 4.69) is 5.16 Å². The molecule has 9 heteroatoms. The largest absolute Gasteiger partial charge is 0.490 e. The lowest BCUT2D eigenvalue weighted by atomic mass is 9.97. The highest BCUT2D eigenvalue weighted by molar-refractivity contribution is 7.90. The number of carbonyl (C=O) groups excluding carboxylic acids is 1. The van der Waals surface area contributed by atoms with Gasteiger partial charge in [-0.2, -0.15) is 0 Å². The number of sulfonamides is 1. The summed E-state index contributed by atoms with van der Waals surface area (Å²) in [4.78, 5) is 12.0. The summed E-state index contributed by atoms with van der Waals surface area (Å²) in [6, 6.07) is 4.81. The first kappa shape index (κ1) is 16.3. The highest BCUT2D eigenvalue weighted by Crippen LogP contribution is 2.38. The van der Waals surface area contributed by atoms with Crippen LogP contribution in [0.5, 0.6) is 5.75 Å². The molecule has 8 nitrogen and oxygen atoms in total. The summed E-state index contributed by atoms with van der Waals surface area (Å²) in [5, 5.41) is 3.38. The number of benzene rings is 1. The van der Waals surface area contributed by atoms with Crippen molar-refractivity contribution in [1.29, 1.82) is 0 Å². The normalized spacial score (nSPS) is 19.6. The molecule has 1 aromatic carbocycles. The third-order valence-electron chi connectivity index (χ3n) is 4.11. The van der Waals surface area contributed by atoms with Gasteiger partial charge in [-0.05, 0) is 32.0 Å². The van der Waals surface area contributed by atoms with Crippen LogP contribution in [0.15, 0.2) is 27.6 Å². The van der Waals surface area contributed by atoms with E-state index in [0.29, 0.717) is 5.75 Å². The van der Waals surface area contributed by atoms with Gasteiger partial charge in [0, 0.05) is 17.0 Å². The fourth-order valence-electron chi connectivity index (χ4n) is 2.65. The van der Waals surface area contributed by atoms with Crippen LogP contribution in [-0.2, 0) is 10.0 Å². The van der Waals surface area contributed by atoms with Crippen molar-refractivity contribution >= 4 is 21.7 Å². The van der Waals surface area contributed by atoms with E-state index in [0.717, 1.165) is 5.56 Å². The quantitative estimate of drug-likeness (QED) is 0.860. The van der Waals surface area contributed by atoms with Crippen LogP contribution in [-0.4, -0.2) is 25.6 Å². The van der Waals surface area contributed by atoms with Crippen molar-refractivity contribution < 1.29 is 22.5 Å². The number of aryl methyl sites for hydroxylation is 1. The van der Waals surface area contributed by atoms with Crippen LogP contribution in [0.3, 0.4) is 0 Å². The average Bonchev–Trinajstić information content (AvgIpc) is 2.99. The van der Waals surface area contributed by atoms with E-state index < -0.39 is 15.9 Å². The molecule has 2 atom stereocenters. The van der Waals surface area contributed by atoms with Crippen LogP contribution in [0.25, 0.3) is 0 Å². The lowest BCUT2D eigenvalue weighted by Crippen LogP contribution is -2.31. The molecule has 3 N–H and O–H groups in total. The Labute approximate surface area is 139 Å². The van der Waals surface area contributed by atoms with Gasteiger partial charge in [0.05, 0.1) is 0 Å². The fourth-order valence-corrected chi connectivity index (χ4v) is 3.84. The number of nitrogens with zero attached hydrogens (tertiary/aromatic N) is 1. The Hall–Kier alpha value is -2.55. The molecule has 1 aromatic heterocycles. The van der Waals surface area contributed by atoms with Crippen molar-refractivity contribution in [2.24, 2.45) is 0 Å². The van der Waals surface area contributed by atoms with E-state index in [4.69, 9.17) is 15.0 Å². The molecule has 3 rings (SSSR count). The second kappa shape index (κ2) is 5.52. The highest BCUT2D eigenvalue weighted by atomic mass is 32.2. The maximum Gasteiger partial charge on any atom is 0.271 e. The third kappa shape index (κ3) is 2.60. The SMILES string of the molecule is Cc1onc(N)c1S(=O)(=O)NC(=O)c1ccc2c(c1)C(C)C(C)O2. The van der Waals surface area contributed by atoms with Crippen molar-refractivity contribution in [1.82, 2.24) is 9.88 Å². The molecular weight excluding hydrogens is 334 g/mol. The molecule has 2 aromatic rings. The summed E-state index contributed by atoms with van der Waals surface area (Å²) in [5.74, 6) is -0.228. The lowest BCUT2D eigenvalue weighted by Gasteiger charge is -2.08. The highest BCUT2D eigenvalue weighted by Gasteiger charge is 2.30. The summed E-state index contributed by atoms with van der Waals surface area (Å²) in [6.07, 6.45) is 0.00139. The maximum atomic E-state index is 12.3. The number of anilines is 1. The van der Waals surface area contributed by atoms with Crippen LogP contribution in [0.4, 0.5) is 5.82 Å². The minimum absolute atomic E-state index is 0.00139. The van der Waals surface area contributed by atoms with Gasteiger partial charge in [0.25, 0.3) is 15.9 Å². The van der Waals surface area contributed by atoms with Crippen molar-refractivity contribution in [3.05, 3.63) is 35.1 Å². The molecule has 128 valence electrons. The summed E-state index contributed by atoms with van der Waals surface area (Å²) in [6.45, 7) is 5.32. The number of carbonyl (C=O) groups is 1. The van der Waals surface area contributed by atoms with Gasteiger partial charge >= 0.3 is 0 Å². The van der Waals surface area contributed by atoms with E-state index in [1.807, 2.05) is 18.6 Å². The van der Waals surface area contributed by atoms with Crippen LogP contribution in [0, 0.1) is 6.92 Å². The van der Waals surface area contributed by atoms with Crippen LogP contribution < -0.4 is 15.2 Å². The second-order valence-electron chi connectivity index (χ2n) is 5.75. The zero-order chi connectivity index (χ0) is 17.6. The predicted molar refractivity (Wildman–Crippen MR) is 85.3 cm³/mol. The van der Waals surface area contributed by atoms with E-state index in [9.17, 15) is 13.2 Å². The first-order valence-electron chi connectivity index (χ1n) is 7.30. The van der Waals surface area contributed by atoms with E-state index in [1.165, 1.54) is 13.0 Å². The molecule has 1 aliphatic rings. The standard InChI is InChI=1S/C15H17N3O5S/c1-7-8(2)22-12-5-4-10(6-11(7)12)15(19)18-24(20,21)13-9(3)23-17-14(13)16/h4-8H,1-3H3,(H2,16,17)(H,18,19). The lowest BCUT2D eigenvalue weighted by molar-refractivity contribution is 0.0981. The number of nitrogen functional groups attached to an aromatic ring is 1. The van der Waals surface area contributed by atoms with Crippen LogP contribution in [0.2, 0.25) is 0 Å². The molecule has 1 aliphatic heterocycles. The summed E-state index contributed by atoms with van der Waals surface area (Å²) >= 11 is 0. The molecule has 2 heterocycles. The Balaban J connectivity index is 1.89. The maximum absolute atomic E-state index is 12.3. The molecule has 24 heavy (non-hydrogen) atoms. The number of aromatic nitrogens is 1. The summed E-state index contributed by atoms with van der Waals surface area (Å²) in [7, 11) is -4.18. The van der Waals surface area contributed by atoms with Gasteiger partial charge in [-0.15, -0.1) is 0 Å². The molecule has 0 fully saturated rings. The third-order valence-corrected chi connectivity index (χ3v) is 5.60. The zero-order valence-electron chi connectivity index (χ0n) is 13.4. The minimum atomic E-state index is -4.18. The van der Waals surface area contributed by atoms with Gasteiger partial charge < -0.3 is 15.0 Å². The molecule has 0 aliphatic carbocycles. The Morgan fingerprint density at radius 3 is 2.67 bits per heavy atom. The fraction of sp³-hybridized carbons (Fsp3) is 0.333. The molecule has 0 spiro atoms. The van der Waals surface area contributed by atoms with Gasteiger partial charge in [-0.3, -0.25) is 4.79 Å². The molecule has 0 saturated heterocycles. The molecule has 1 amide bonds. The van der Waals surface area contributed by atoms with E-state index in [-0.39, 0.29) is 34.1 Å². The minimum Gasteiger partial charge on any atom is -0.490 e. The Bertz CT molecular complexity index is 900. The van der Waals surface area contributed by atoms with Gasteiger partial charge in [-0.1, -0.05) is 12.1 Å². The molecule has 0 bridgehead atoms. The van der Waals surface area contributed by atoms with Gasteiger partial charge in [0.2, 0.25) is 0 Å². The first-order valence-corrected chi connectivity index (χ1v) is 8.78. The van der Waals surface area contributed by atoms with E-state index >= 15 is 0 Å². The van der Waals surface area contributed by atoms with Crippen molar-refractivity contribution in [3.8, 4) is 5.75 Å². The number of hydrogen-bond donors (Lipinski definition) is 2. The molecular formula is C15H17N3O5S. The smallest absolute Gasteiger partial charge is 0.271 e. The topological polar surface area (TPSA) is 125 Å². The van der Waals surface area contributed by atoms with Gasteiger partial charge in [-0.25, -0.2) is 13.1 Å². The predicted octanol–water partition coefficient (Wildman–Crippen LogP) is 1.57. The summed E-state index contributed by atoms with van der Waals surface area (Å²) < 4.78 is 37.0. The van der Waals surface area contributed by atoms with E-state index in [1.54, 1.807) is 12.1 Å². The van der Waals surface area contributed by atoms with Crippen LogP contribution in [0.1, 0.15) is 41.4 Å². The molecule has 0 radical (unpaired) electrons. The number of nitrogens with two attached hydrogens (primary N) is 1. The van der Waals surface area contributed by atoms with Crippen LogP contribution >= 0.6 is 0 Å². The molecule has 2 unspecified atom stereocenters.